The topological polar surface area (TPSA) is 114 Å². The fraction of sp³-hybridized carbons (Fsp3) is 0.286. The van der Waals surface area contributed by atoms with Crippen molar-refractivity contribution in [1.82, 2.24) is 9.55 Å². The van der Waals surface area contributed by atoms with E-state index in [-0.39, 0.29) is 28.6 Å². The van der Waals surface area contributed by atoms with Crippen LogP contribution in [0, 0.1) is 0 Å². The molecule has 3 aromatic rings. The van der Waals surface area contributed by atoms with Gasteiger partial charge in [-0.05, 0) is 43.0 Å². The van der Waals surface area contributed by atoms with Gasteiger partial charge in [-0.2, -0.15) is 0 Å². The molecule has 0 atom stereocenters. The number of amides is 1. The number of thioether (sulfide) groups is 1. The molecule has 8 nitrogen and oxygen atoms in total. The Morgan fingerprint density at radius 3 is 2.74 bits per heavy atom. The lowest BCUT2D eigenvalue weighted by Crippen LogP contribution is -2.41. The highest BCUT2D eigenvalue weighted by Crippen LogP contribution is 2.28. The SMILES string of the molecule is CCCCn1c(N)c(N(Cc2ccco2)C(=O)c2cc(SC)ccc2Cl)c(=O)[nH]c1=O. The van der Waals surface area contributed by atoms with Crippen molar-refractivity contribution >= 4 is 40.8 Å². The van der Waals surface area contributed by atoms with Gasteiger partial charge in [0.05, 0.1) is 23.4 Å². The summed E-state index contributed by atoms with van der Waals surface area (Å²) in [5.41, 5.74) is 4.96. The van der Waals surface area contributed by atoms with E-state index >= 15 is 0 Å². The first kappa shape index (κ1) is 22.8. The number of furan rings is 1. The second kappa shape index (κ2) is 9.93. The van der Waals surface area contributed by atoms with Crippen molar-refractivity contribution in [1.29, 1.82) is 0 Å². The van der Waals surface area contributed by atoms with E-state index in [1.165, 1.54) is 27.5 Å². The van der Waals surface area contributed by atoms with Gasteiger partial charge in [-0.1, -0.05) is 24.9 Å². The standard InChI is InChI=1S/C21H23ClN4O4S/c1-3-4-9-25-18(23)17(19(27)24-21(25)29)26(12-13-6-5-10-30-13)20(28)15-11-14(31-2)7-8-16(15)22/h5-8,10-11H,3-4,9,12,23H2,1-2H3,(H,24,27,29). The summed E-state index contributed by atoms with van der Waals surface area (Å²) in [6.07, 6.45) is 4.86. The molecule has 3 rings (SSSR count). The van der Waals surface area contributed by atoms with E-state index in [1.54, 1.807) is 30.3 Å². The maximum absolute atomic E-state index is 13.6. The van der Waals surface area contributed by atoms with Gasteiger partial charge in [-0.3, -0.25) is 24.0 Å². The molecule has 0 radical (unpaired) electrons. The van der Waals surface area contributed by atoms with Gasteiger partial charge in [0.25, 0.3) is 11.5 Å². The molecule has 1 amide bonds. The third-order valence-corrected chi connectivity index (χ3v) is 5.82. The number of hydrogen-bond acceptors (Lipinski definition) is 6. The normalized spacial score (nSPS) is 10.9. The number of nitrogens with zero attached hydrogens (tertiary/aromatic N) is 2. The van der Waals surface area contributed by atoms with Gasteiger partial charge in [0.1, 0.15) is 11.6 Å². The summed E-state index contributed by atoms with van der Waals surface area (Å²) < 4.78 is 6.66. The number of anilines is 2. The summed E-state index contributed by atoms with van der Waals surface area (Å²) in [5, 5.41) is 0.238. The van der Waals surface area contributed by atoms with Crippen LogP contribution >= 0.6 is 23.4 Å². The van der Waals surface area contributed by atoms with Crippen molar-refractivity contribution in [3.05, 3.63) is 73.8 Å². The average Bonchev–Trinajstić information content (AvgIpc) is 3.26. The van der Waals surface area contributed by atoms with Gasteiger partial charge in [0.15, 0.2) is 5.69 Å². The summed E-state index contributed by atoms with van der Waals surface area (Å²) in [6, 6.07) is 8.43. The Balaban J connectivity index is 2.18. The van der Waals surface area contributed by atoms with Crippen LogP contribution in [0.1, 0.15) is 35.9 Å². The quantitative estimate of drug-likeness (QED) is 0.493. The third kappa shape index (κ3) is 4.88. The molecule has 31 heavy (non-hydrogen) atoms. The fourth-order valence-corrected chi connectivity index (χ4v) is 3.77. The minimum atomic E-state index is -0.757. The van der Waals surface area contributed by atoms with Crippen molar-refractivity contribution in [2.24, 2.45) is 0 Å². The summed E-state index contributed by atoms with van der Waals surface area (Å²) in [5.74, 6) is -0.176. The number of halogens is 1. The minimum absolute atomic E-state index is 0.0646. The van der Waals surface area contributed by atoms with Gasteiger partial charge in [0, 0.05) is 11.4 Å². The highest BCUT2D eigenvalue weighted by atomic mass is 35.5. The highest BCUT2D eigenvalue weighted by molar-refractivity contribution is 7.98. The lowest BCUT2D eigenvalue weighted by molar-refractivity contribution is 0.0982. The molecule has 0 saturated heterocycles. The summed E-state index contributed by atoms with van der Waals surface area (Å²) in [4.78, 5) is 43.0. The Morgan fingerprint density at radius 2 is 2.10 bits per heavy atom. The van der Waals surface area contributed by atoms with E-state index < -0.39 is 17.2 Å². The van der Waals surface area contributed by atoms with Crippen LogP contribution in [0.15, 0.2) is 55.5 Å². The van der Waals surface area contributed by atoms with Crippen molar-refractivity contribution in [3.8, 4) is 0 Å². The number of unbranched alkanes of at least 4 members (excludes halogenated alkanes) is 1. The Bertz CT molecular complexity index is 1190. The van der Waals surface area contributed by atoms with Crippen molar-refractivity contribution < 1.29 is 9.21 Å². The van der Waals surface area contributed by atoms with Crippen LogP contribution in [0.5, 0.6) is 0 Å². The number of aromatic nitrogens is 2. The summed E-state index contributed by atoms with van der Waals surface area (Å²) >= 11 is 7.77. The lowest BCUT2D eigenvalue weighted by Gasteiger charge is -2.24. The van der Waals surface area contributed by atoms with Crippen LogP contribution in [-0.2, 0) is 13.1 Å². The monoisotopic (exact) mass is 462 g/mol. The van der Waals surface area contributed by atoms with E-state index in [4.69, 9.17) is 21.8 Å². The fourth-order valence-electron chi connectivity index (χ4n) is 3.13. The predicted octanol–water partition coefficient (Wildman–Crippen LogP) is 3.73. The Labute approximate surface area is 188 Å². The van der Waals surface area contributed by atoms with Crippen LogP contribution in [0.2, 0.25) is 5.02 Å². The van der Waals surface area contributed by atoms with Crippen molar-refractivity contribution in [3.63, 3.8) is 0 Å². The number of benzene rings is 1. The smallest absolute Gasteiger partial charge is 0.330 e. The van der Waals surface area contributed by atoms with E-state index in [0.717, 1.165) is 11.3 Å². The maximum atomic E-state index is 13.6. The Hall–Kier alpha value is -2.91. The molecular formula is C21H23ClN4O4S. The van der Waals surface area contributed by atoms with Gasteiger partial charge < -0.3 is 10.2 Å². The first-order chi connectivity index (χ1) is 14.9. The highest BCUT2D eigenvalue weighted by Gasteiger charge is 2.27. The van der Waals surface area contributed by atoms with Crippen molar-refractivity contribution in [2.75, 3.05) is 16.9 Å². The predicted molar refractivity (Wildman–Crippen MR) is 123 cm³/mol. The van der Waals surface area contributed by atoms with Crippen LogP contribution in [0.3, 0.4) is 0 Å². The van der Waals surface area contributed by atoms with E-state index in [0.29, 0.717) is 18.7 Å². The van der Waals surface area contributed by atoms with E-state index in [1.807, 2.05) is 13.2 Å². The molecule has 0 aliphatic carbocycles. The number of nitrogens with two attached hydrogens (primary N) is 1. The largest absolute Gasteiger partial charge is 0.467 e. The Morgan fingerprint density at radius 1 is 1.32 bits per heavy atom. The van der Waals surface area contributed by atoms with Crippen LogP contribution in [0.25, 0.3) is 0 Å². The number of nitrogen functional groups attached to an aromatic ring is 1. The molecule has 2 heterocycles. The molecule has 0 bridgehead atoms. The second-order valence-electron chi connectivity index (χ2n) is 6.81. The van der Waals surface area contributed by atoms with Gasteiger partial charge in [0.2, 0.25) is 0 Å². The molecule has 0 aliphatic heterocycles. The van der Waals surface area contributed by atoms with E-state index in [2.05, 4.69) is 4.98 Å². The van der Waals surface area contributed by atoms with Gasteiger partial charge in [-0.25, -0.2) is 4.79 Å². The molecular weight excluding hydrogens is 440 g/mol. The number of rotatable bonds is 8. The third-order valence-electron chi connectivity index (χ3n) is 4.76. The lowest BCUT2D eigenvalue weighted by atomic mass is 10.1. The number of nitrogens with one attached hydrogen (secondary N) is 1. The first-order valence-corrected chi connectivity index (χ1v) is 11.3. The molecule has 3 N–H and O–H groups in total. The molecule has 1 aromatic carbocycles. The van der Waals surface area contributed by atoms with Crippen LogP contribution in [0.4, 0.5) is 11.5 Å². The molecule has 0 fully saturated rings. The summed E-state index contributed by atoms with van der Waals surface area (Å²) in [6.45, 7) is 2.22. The van der Waals surface area contributed by atoms with Gasteiger partial charge in [-0.15, -0.1) is 11.8 Å². The molecule has 2 aromatic heterocycles. The number of carbonyl (C=O) groups excluding carboxylic acids is 1. The molecule has 164 valence electrons. The van der Waals surface area contributed by atoms with Crippen LogP contribution in [-0.4, -0.2) is 21.7 Å². The maximum Gasteiger partial charge on any atom is 0.330 e. The van der Waals surface area contributed by atoms with Gasteiger partial charge >= 0.3 is 5.69 Å². The second-order valence-corrected chi connectivity index (χ2v) is 8.10. The van der Waals surface area contributed by atoms with Crippen LogP contribution < -0.4 is 21.9 Å². The molecule has 0 unspecified atom stereocenters. The molecule has 0 saturated carbocycles. The molecule has 0 spiro atoms. The van der Waals surface area contributed by atoms with Crippen molar-refractivity contribution in [2.45, 2.75) is 37.8 Å². The zero-order valence-electron chi connectivity index (χ0n) is 17.2. The Kier molecular flexibility index (Phi) is 7.29. The first-order valence-electron chi connectivity index (χ1n) is 9.67. The van der Waals surface area contributed by atoms with E-state index in [9.17, 15) is 14.4 Å². The molecule has 0 aliphatic rings. The number of aromatic amines is 1. The number of carbonyl (C=O) groups is 1. The molecule has 10 heteroatoms. The average molecular weight is 463 g/mol. The number of hydrogen-bond donors (Lipinski definition) is 2. The number of H-pyrrole nitrogens is 1. The zero-order chi connectivity index (χ0) is 22.5. The minimum Gasteiger partial charge on any atom is -0.467 e. The zero-order valence-corrected chi connectivity index (χ0v) is 18.8. The summed E-state index contributed by atoms with van der Waals surface area (Å²) in [7, 11) is 0.